The number of carbonyl (C=O) groups is 1. The Bertz CT molecular complexity index is 760. The van der Waals surface area contributed by atoms with Crippen molar-refractivity contribution >= 4 is 26.7 Å². The van der Waals surface area contributed by atoms with Crippen LogP contribution in [0.25, 0.3) is 11.0 Å². The first-order valence-electron chi connectivity index (χ1n) is 7.42. The molecule has 1 atom stereocenters. The van der Waals surface area contributed by atoms with Crippen molar-refractivity contribution in [3.63, 3.8) is 0 Å². The zero-order valence-corrected chi connectivity index (χ0v) is 13.3. The number of sulfone groups is 1. The maximum atomic E-state index is 12.6. The Labute approximate surface area is 129 Å². The second kappa shape index (κ2) is 5.76. The molecule has 22 heavy (non-hydrogen) atoms. The van der Waals surface area contributed by atoms with E-state index < -0.39 is 9.84 Å². The summed E-state index contributed by atoms with van der Waals surface area (Å²) in [6.07, 6.45) is 3.08. The van der Waals surface area contributed by atoms with Crippen molar-refractivity contribution in [2.75, 3.05) is 19.3 Å². The lowest BCUT2D eigenvalue weighted by molar-refractivity contribution is 0.0732. The second-order valence-corrected chi connectivity index (χ2v) is 8.15. The number of rotatable bonds is 2. The molecule has 0 saturated carbocycles. The molecule has 2 heterocycles. The third-order valence-corrected chi connectivity index (χ3v) is 5.89. The number of hydrogen-bond donors (Lipinski definition) is 0. The summed E-state index contributed by atoms with van der Waals surface area (Å²) in [5.41, 5.74) is 0.690. The van der Waals surface area contributed by atoms with Gasteiger partial charge in [-0.25, -0.2) is 8.42 Å². The molecule has 0 radical (unpaired) electrons. The molecule has 118 valence electrons. The zero-order valence-electron chi connectivity index (χ0n) is 12.5. The number of furan rings is 1. The van der Waals surface area contributed by atoms with Gasteiger partial charge >= 0.3 is 0 Å². The number of fused-ring (bicyclic) bond motifs is 1. The van der Waals surface area contributed by atoms with Gasteiger partial charge in [0.2, 0.25) is 0 Å². The summed E-state index contributed by atoms with van der Waals surface area (Å²) in [4.78, 5) is 14.3. The Morgan fingerprint density at radius 3 is 2.73 bits per heavy atom. The quantitative estimate of drug-likeness (QED) is 0.852. The molecule has 2 aromatic rings. The van der Waals surface area contributed by atoms with Gasteiger partial charge in [0.05, 0.1) is 5.25 Å². The number of hydrogen-bond acceptors (Lipinski definition) is 4. The van der Waals surface area contributed by atoms with Gasteiger partial charge < -0.3 is 9.32 Å². The number of para-hydroxylation sites is 1. The van der Waals surface area contributed by atoms with Gasteiger partial charge in [-0.15, -0.1) is 0 Å². The minimum Gasteiger partial charge on any atom is -0.451 e. The molecular weight excluding hydrogens is 302 g/mol. The molecule has 1 aliphatic rings. The summed E-state index contributed by atoms with van der Waals surface area (Å²) in [5, 5.41) is 0.552. The van der Waals surface area contributed by atoms with Crippen molar-refractivity contribution < 1.29 is 17.6 Å². The van der Waals surface area contributed by atoms with Gasteiger partial charge in [-0.3, -0.25) is 4.79 Å². The predicted molar refractivity (Wildman–Crippen MR) is 84.6 cm³/mol. The van der Waals surface area contributed by atoms with Crippen molar-refractivity contribution in [2.24, 2.45) is 0 Å². The number of amides is 1. The first kappa shape index (κ1) is 15.1. The van der Waals surface area contributed by atoms with E-state index in [2.05, 4.69) is 0 Å². The molecule has 3 rings (SSSR count). The number of benzene rings is 1. The third kappa shape index (κ3) is 3.02. The lowest BCUT2D eigenvalue weighted by atomic mass is 10.2. The maximum absolute atomic E-state index is 12.6. The van der Waals surface area contributed by atoms with Gasteiger partial charge in [-0.05, 0) is 31.4 Å². The molecule has 0 bridgehead atoms. The Morgan fingerprint density at radius 2 is 2.00 bits per heavy atom. The van der Waals surface area contributed by atoms with Crippen LogP contribution in [-0.4, -0.2) is 43.8 Å². The minimum absolute atomic E-state index is 0.162. The fraction of sp³-hybridized carbons (Fsp3) is 0.438. The highest BCUT2D eigenvalue weighted by Gasteiger charge is 2.28. The van der Waals surface area contributed by atoms with Gasteiger partial charge in [0.1, 0.15) is 15.4 Å². The average molecular weight is 321 g/mol. The Kier molecular flexibility index (Phi) is 3.95. The van der Waals surface area contributed by atoms with Crippen LogP contribution in [0.4, 0.5) is 0 Å². The normalized spacial score (nSPS) is 20.0. The van der Waals surface area contributed by atoms with E-state index in [0.717, 1.165) is 5.39 Å². The summed E-state index contributed by atoms with van der Waals surface area (Å²) in [5.74, 6) is 0.157. The monoisotopic (exact) mass is 321 g/mol. The highest BCUT2D eigenvalue weighted by atomic mass is 32.2. The highest BCUT2D eigenvalue weighted by Crippen LogP contribution is 2.23. The summed E-state index contributed by atoms with van der Waals surface area (Å²) in [7, 11) is -3.04. The van der Waals surface area contributed by atoms with Gasteiger partial charge in [0, 0.05) is 24.7 Å². The van der Waals surface area contributed by atoms with Gasteiger partial charge in [-0.2, -0.15) is 0 Å². The maximum Gasteiger partial charge on any atom is 0.289 e. The molecule has 1 amide bonds. The number of carbonyl (C=O) groups excluding carboxylic acids is 1. The average Bonchev–Trinajstić information content (AvgIpc) is 2.73. The zero-order chi connectivity index (χ0) is 15.7. The molecule has 1 aromatic heterocycles. The van der Waals surface area contributed by atoms with Crippen molar-refractivity contribution in [1.29, 1.82) is 0 Å². The molecule has 0 N–H and O–H groups in total. The number of likely N-dealkylation sites (tertiary alicyclic amines) is 1. The topological polar surface area (TPSA) is 67.6 Å². The van der Waals surface area contributed by atoms with E-state index in [1.54, 1.807) is 11.0 Å². The second-order valence-electron chi connectivity index (χ2n) is 5.82. The largest absolute Gasteiger partial charge is 0.451 e. The van der Waals surface area contributed by atoms with Crippen LogP contribution in [0.3, 0.4) is 0 Å². The highest BCUT2D eigenvalue weighted by molar-refractivity contribution is 7.91. The fourth-order valence-electron chi connectivity index (χ4n) is 2.94. The van der Waals surface area contributed by atoms with Gasteiger partial charge in [0.25, 0.3) is 5.91 Å². The Balaban J connectivity index is 1.77. The molecular formula is C16H19NO4S. The van der Waals surface area contributed by atoms with Crippen LogP contribution in [0.15, 0.2) is 34.7 Å². The number of nitrogens with zero attached hydrogens (tertiary/aromatic N) is 1. The van der Waals surface area contributed by atoms with E-state index in [-0.39, 0.29) is 11.2 Å². The molecule has 1 fully saturated rings. The molecule has 1 unspecified atom stereocenters. The van der Waals surface area contributed by atoms with E-state index in [4.69, 9.17) is 4.42 Å². The van der Waals surface area contributed by atoms with E-state index in [1.807, 2.05) is 24.3 Å². The van der Waals surface area contributed by atoms with Crippen LogP contribution in [0.5, 0.6) is 0 Å². The van der Waals surface area contributed by atoms with Crippen molar-refractivity contribution in [2.45, 2.75) is 24.5 Å². The summed E-state index contributed by atoms with van der Waals surface area (Å²) >= 11 is 0. The first-order chi connectivity index (χ1) is 10.4. The fourth-order valence-corrected chi connectivity index (χ4v) is 4.07. The summed E-state index contributed by atoms with van der Waals surface area (Å²) in [6.45, 7) is 1.02. The molecule has 1 aliphatic heterocycles. The SMILES string of the molecule is CS(=O)(=O)C1CCCN(C(=O)c2cc3ccccc3o2)CC1. The lowest BCUT2D eigenvalue weighted by Gasteiger charge is -2.19. The standard InChI is InChI=1S/C16H19NO4S/c1-22(19,20)13-6-4-9-17(10-8-13)16(18)15-11-12-5-2-3-7-14(12)21-15/h2-3,5,7,11,13H,4,6,8-10H2,1H3. The Morgan fingerprint density at radius 1 is 1.23 bits per heavy atom. The van der Waals surface area contributed by atoms with Gasteiger partial charge in [-0.1, -0.05) is 18.2 Å². The van der Waals surface area contributed by atoms with Crippen LogP contribution in [0.1, 0.15) is 29.8 Å². The molecule has 5 nitrogen and oxygen atoms in total. The lowest BCUT2D eigenvalue weighted by Crippen LogP contribution is -2.32. The van der Waals surface area contributed by atoms with E-state index in [9.17, 15) is 13.2 Å². The van der Waals surface area contributed by atoms with Crippen LogP contribution in [0, 0.1) is 0 Å². The Hall–Kier alpha value is -1.82. The molecule has 6 heteroatoms. The molecule has 0 aliphatic carbocycles. The van der Waals surface area contributed by atoms with Crippen LogP contribution < -0.4 is 0 Å². The first-order valence-corrected chi connectivity index (χ1v) is 9.37. The minimum atomic E-state index is -3.04. The van der Waals surface area contributed by atoms with E-state index >= 15 is 0 Å². The van der Waals surface area contributed by atoms with Crippen LogP contribution in [0.2, 0.25) is 0 Å². The van der Waals surface area contributed by atoms with Gasteiger partial charge in [0.15, 0.2) is 5.76 Å². The molecule has 0 spiro atoms. The van der Waals surface area contributed by atoms with Crippen LogP contribution in [-0.2, 0) is 9.84 Å². The molecule has 1 aromatic carbocycles. The summed E-state index contributed by atoms with van der Waals surface area (Å²) < 4.78 is 29.0. The summed E-state index contributed by atoms with van der Waals surface area (Å²) in [6, 6.07) is 9.24. The van der Waals surface area contributed by atoms with E-state index in [1.165, 1.54) is 6.26 Å². The van der Waals surface area contributed by atoms with E-state index in [0.29, 0.717) is 43.7 Å². The molecule has 1 saturated heterocycles. The van der Waals surface area contributed by atoms with Crippen molar-refractivity contribution in [3.8, 4) is 0 Å². The van der Waals surface area contributed by atoms with Crippen molar-refractivity contribution in [1.82, 2.24) is 4.90 Å². The third-order valence-electron chi connectivity index (χ3n) is 4.20. The predicted octanol–water partition coefficient (Wildman–Crippen LogP) is 2.47. The van der Waals surface area contributed by atoms with Crippen molar-refractivity contribution in [3.05, 3.63) is 36.1 Å². The smallest absolute Gasteiger partial charge is 0.289 e. The van der Waals surface area contributed by atoms with Crippen LogP contribution >= 0.6 is 0 Å².